The van der Waals surface area contributed by atoms with Gasteiger partial charge in [-0.15, -0.1) is 0 Å². The second-order valence-electron chi connectivity index (χ2n) is 4.63. The first-order valence-electron chi connectivity index (χ1n) is 6.17. The molecule has 0 saturated carbocycles. The van der Waals surface area contributed by atoms with E-state index in [0.717, 1.165) is 19.3 Å². The van der Waals surface area contributed by atoms with Crippen molar-refractivity contribution in [3.05, 3.63) is 33.5 Å². The number of carbonyl (C=O) groups excluding carboxylic acids is 1. The summed E-state index contributed by atoms with van der Waals surface area (Å²) in [5.41, 5.74) is -1.58. The average molecular weight is 354 g/mol. The van der Waals surface area contributed by atoms with Gasteiger partial charge >= 0.3 is 6.18 Å². The molecule has 1 aromatic carbocycles. The number of likely N-dealkylation sites (tertiary alicyclic amines) is 1. The minimum atomic E-state index is -4.64. The van der Waals surface area contributed by atoms with Gasteiger partial charge in [-0.25, -0.2) is 4.39 Å². The van der Waals surface area contributed by atoms with E-state index in [-0.39, 0.29) is 0 Å². The van der Waals surface area contributed by atoms with Crippen molar-refractivity contribution in [2.24, 2.45) is 0 Å². The summed E-state index contributed by atoms with van der Waals surface area (Å²) in [7, 11) is 0. The monoisotopic (exact) mass is 353 g/mol. The normalized spacial score (nSPS) is 16.4. The minimum absolute atomic E-state index is 0.445. The van der Waals surface area contributed by atoms with Crippen molar-refractivity contribution < 1.29 is 22.4 Å². The van der Waals surface area contributed by atoms with Gasteiger partial charge in [-0.05, 0) is 47.3 Å². The topological polar surface area (TPSA) is 20.3 Å². The predicted molar refractivity (Wildman–Crippen MR) is 68.9 cm³/mol. The van der Waals surface area contributed by atoms with Crippen LogP contribution in [0.2, 0.25) is 0 Å². The summed E-state index contributed by atoms with van der Waals surface area (Å²) in [6.07, 6.45) is -2.10. The summed E-state index contributed by atoms with van der Waals surface area (Å²) in [5.74, 6) is -1.64. The molecule has 1 heterocycles. The maximum atomic E-state index is 13.8. The molecule has 1 aliphatic rings. The largest absolute Gasteiger partial charge is 0.417 e. The number of halogens is 5. The Morgan fingerprint density at radius 2 is 1.75 bits per heavy atom. The summed E-state index contributed by atoms with van der Waals surface area (Å²) >= 11 is 2.73. The van der Waals surface area contributed by atoms with Crippen LogP contribution < -0.4 is 0 Å². The third-order valence-electron chi connectivity index (χ3n) is 3.25. The lowest BCUT2D eigenvalue weighted by atomic mass is 10.1. The molecule has 110 valence electrons. The number of piperidine rings is 1. The van der Waals surface area contributed by atoms with Gasteiger partial charge in [0.2, 0.25) is 0 Å². The summed E-state index contributed by atoms with van der Waals surface area (Å²) in [4.78, 5) is 13.6. The lowest BCUT2D eigenvalue weighted by Gasteiger charge is -2.27. The molecule has 0 aromatic heterocycles. The fourth-order valence-corrected chi connectivity index (χ4v) is 2.94. The van der Waals surface area contributed by atoms with Crippen molar-refractivity contribution in [2.45, 2.75) is 25.4 Å². The zero-order valence-corrected chi connectivity index (χ0v) is 12.0. The van der Waals surface area contributed by atoms with Crippen LogP contribution in [0.25, 0.3) is 0 Å². The lowest BCUT2D eigenvalue weighted by Crippen LogP contribution is -2.36. The Morgan fingerprint density at radius 3 is 2.30 bits per heavy atom. The zero-order valence-electron chi connectivity index (χ0n) is 10.4. The SMILES string of the molecule is O=C(c1c(F)ccc(C(F)(F)F)c1Br)N1CCCCC1. The molecule has 0 unspecified atom stereocenters. The molecule has 1 amide bonds. The quantitative estimate of drug-likeness (QED) is 0.691. The Kier molecular flexibility index (Phi) is 4.36. The Labute approximate surface area is 121 Å². The number of alkyl halides is 3. The summed E-state index contributed by atoms with van der Waals surface area (Å²) in [6.45, 7) is 0.891. The van der Waals surface area contributed by atoms with Crippen LogP contribution in [0.1, 0.15) is 35.2 Å². The average Bonchev–Trinajstić information content (AvgIpc) is 2.38. The van der Waals surface area contributed by atoms with E-state index >= 15 is 0 Å². The first-order valence-corrected chi connectivity index (χ1v) is 6.96. The molecule has 0 bridgehead atoms. The summed E-state index contributed by atoms with van der Waals surface area (Å²) in [6, 6.07) is 1.32. The van der Waals surface area contributed by atoms with Gasteiger partial charge in [-0.2, -0.15) is 13.2 Å². The standard InChI is InChI=1S/C13H12BrF4NO/c14-11-8(13(16,17)18)4-5-9(15)10(11)12(20)19-6-2-1-3-7-19/h4-5H,1-3,6-7H2. The van der Waals surface area contributed by atoms with Crippen LogP contribution in [-0.4, -0.2) is 23.9 Å². The van der Waals surface area contributed by atoms with Gasteiger partial charge in [0, 0.05) is 17.6 Å². The van der Waals surface area contributed by atoms with E-state index in [2.05, 4.69) is 15.9 Å². The molecule has 1 fully saturated rings. The molecule has 2 nitrogen and oxygen atoms in total. The first-order chi connectivity index (χ1) is 9.32. The molecular formula is C13H12BrF4NO. The van der Waals surface area contributed by atoms with Crippen molar-refractivity contribution in [3.63, 3.8) is 0 Å². The number of nitrogens with zero attached hydrogens (tertiary/aromatic N) is 1. The molecule has 0 spiro atoms. The van der Waals surface area contributed by atoms with Crippen LogP contribution in [0, 0.1) is 5.82 Å². The molecule has 0 atom stereocenters. The van der Waals surface area contributed by atoms with Crippen molar-refractivity contribution in [2.75, 3.05) is 13.1 Å². The number of hydrogen-bond donors (Lipinski definition) is 0. The minimum Gasteiger partial charge on any atom is -0.339 e. The Balaban J connectivity index is 2.42. The van der Waals surface area contributed by atoms with Crippen LogP contribution in [0.5, 0.6) is 0 Å². The van der Waals surface area contributed by atoms with Gasteiger partial charge in [0.05, 0.1) is 11.1 Å². The molecular weight excluding hydrogens is 342 g/mol. The van der Waals surface area contributed by atoms with Gasteiger partial charge in [0.15, 0.2) is 0 Å². The first kappa shape index (κ1) is 15.3. The van der Waals surface area contributed by atoms with E-state index in [1.807, 2.05) is 0 Å². The van der Waals surface area contributed by atoms with Crippen LogP contribution in [0.4, 0.5) is 17.6 Å². The number of carbonyl (C=O) groups is 1. The number of benzene rings is 1. The van der Waals surface area contributed by atoms with E-state index < -0.39 is 33.5 Å². The van der Waals surface area contributed by atoms with E-state index in [0.29, 0.717) is 25.2 Å². The van der Waals surface area contributed by atoms with E-state index in [1.54, 1.807) is 0 Å². The maximum absolute atomic E-state index is 13.8. The maximum Gasteiger partial charge on any atom is 0.417 e. The third kappa shape index (κ3) is 2.97. The van der Waals surface area contributed by atoms with Gasteiger partial charge in [0.25, 0.3) is 5.91 Å². The second kappa shape index (κ2) is 5.71. The Bertz CT molecular complexity index is 524. The number of hydrogen-bond acceptors (Lipinski definition) is 1. The molecule has 1 aliphatic heterocycles. The van der Waals surface area contributed by atoms with Crippen molar-refractivity contribution in [3.8, 4) is 0 Å². The van der Waals surface area contributed by atoms with Crippen LogP contribution in [0.15, 0.2) is 16.6 Å². The molecule has 1 aromatic rings. The molecule has 0 aliphatic carbocycles. The Morgan fingerprint density at radius 1 is 1.15 bits per heavy atom. The highest BCUT2D eigenvalue weighted by molar-refractivity contribution is 9.10. The van der Waals surface area contributed by atoms with Crippen molar-refractivity contribution >= 4 is 21.8 Å². The van der Waals surface area contributed by atoms with Crippen molar-refractivity contribution in [1.82, 2.24) is 4.90 Å². The van der Waals surface area contributed by atoms with E-state index in [4.69, 9.17) is 0 Å². The highest BCUT2D eigenvalue weighted by Gasteiger charge is 2.36. The van der Waals surface area contributed by atoms with Crippen LogP contribution in [0.3, 0.4) is 0 Å². The smallest absolute Gasteiger partial charge is 0.339 e. The third-order valence-corrected chi connectivity index (χ3v) is 4.08. The fraction of sp³-hybridized carbons (Fsp3) is 0.462. The molecule has 2 rings (SSSR count). The van der Waals surface area contributed by atoms with E-state index in [9.17, 15) is 22.4 Å². The lowest BCUT2D eigenvalue weighted by molar-refractivity contribution is -0.138. The van der Waals surface area contributed by atoms with Crippen LogP contribution in [-0.2, 0) is 6.18 Å². The van der Waals surface area contributed by atoms with E-state index in [1.165, 1.54) is 4.90 Å². The number of rotatable bonds is 1. The molecule has 7 heteroatoms. The van der Waals surface area contributed by atoms with Gasteiger partial charge in [-0.1, -0.05) is 0 Å². The van der Waals surface area contributed by atoms with Gasteiger partial charge in [-0.3, -0.25) is 4.79 Å². The van der Waals surface area contributed by atoms with Gasteiger partial charge < -0.3 is 4.90 Å². The van der Waals surface area contributed by atoms with Crippen LogP contribution >= 0.6 is 15.9 Å². The summed E-state index contributed by atoms with van der Waals surface area (Å²) in [5, 5.41) is 0. The Hall–Kier alpha value is -1.11. The zero-order chi connectivity index (χ0) is 14.9. The molecule has 0 N–H and O–H groups in total. The highest BCUT2D eigenvalue weighted by Crippen LogP contribution is 2.37. The highest BCUT2D eigenvalue weighted by atomic mass is 79.9. The summed E-state index contributed by atoms with van der Waals surface area (Å²) < 4.78 is 51.6. The fourth-order valence-electron chi connectivity index (χ4n) is 2.22. The van der Waals surface area contributed by atoms with Gasteiger partial charge in [0.1, 0.15) is 5.82 Å². The van der Waals surface area contributed by atoms with Crippen molar-refractivity contribution in [1.29, 1.82) is 0 Å². The second-order valence-corrected chi connectivity index (χ2v) is 5.43. The number of amides is 1. The predicted octanol–water partition coefficient (Wildman–Crippen LogP) is 4.23. The molecule has 20 heavy (non-hydrogen) atoms. The molecule has 1 saturated heterocycles. The molecule has 0 radical (unpaired) electrons.